The van der Waals surface area contributed by atoms with Gasteiger partial charge in [0.2, 0.25) is 0 Å². The zero-order chi connectivity index (χ0) is 26.2. The molecule has 36 heavy (non-hydrogen) atoms. The summed E-state index contributed by atoms with van der Waals surface area (Å²) in [6.07, 6.45) is 0. The lowest BCUT2D eigenvalue weighted by molar-refractivity contribution is 0.0827. The van der Waals surface area contributed by atoms with Crippen LogP contribution in [0.1, 0.15) is 48.1 Å². The predicted octanol–water partition coefficient (Wildman–Crippen LogP) is 4.53. The van der Waals surface area contributed by atoms with E-state index in [1.165, 1.54) is 4.90 Å². The van der Waals surface area contributed by atoms with Crippen LogP contribution >= 0.6 is 0 Å². The Morgan fingerprint density at radius 2 is 1.78 bits per heavy atom. The number of aryl methyl sites for hydroxylation is 1. The van der Waals surface area contributed by atoms with Gasteiger partial charge in [-0.3, -0.25) is 10.2 Å². The largest absolute Gasteiger partial charge is 0.437 e. The zero-order valence-corrected chi connectivity index (χ0v) is 21.1. The van der Waals surface area contributed by atoms with Gasteiger partial charge in [0.1, 0.15) is 28.7 Å². The van der Waals surface area contributed by atoms with Crippen LogP contribution in [0.25, 0.3) is 11.2 Å². The van der Waals surface area contributed by atoms with E-state index in [-0.39, 0.29) is 29.0 Å². The molecule has 186 valence electrons. The Hall–Kier alpha value is -4.47. The van der Waals surface area contributed by atoms with E-state index in [9.17, 15) is 4.79 Å². The fraction of sp³-hybridized carbons (Fsp3) is 0.269. The van der Waals surface area contributed by atoms with Gasteiger partial charge >= 0.3 is 6.01 Å². The van der Waals surface area contributed by atoms with Crippen LogP contribution in [0.3, 0.4) is 0 Å². The number of amidine groups is 1. The lowest BCUT2D eigenvalue weighted by Crippen LogP contribution is -2.21. The minimum absolute atomic E-state index is 0.0238. The molecule has 10 heteroatoms. The number of hydrogen-bond donors (Lipinski definition) is 3. The third-order valence-electron chi connectivity index (χ3n) is 5.42. The van der Waals surface area contributed by atoms with Crippen molar-refractivity contribution in [3.05, 3.63) is 65.0 Å². The molecule has 0 saturated heterocycles. The van der Waals surface area contributed by atoms with Gasteiger partial charge in [0.15, 0.2) is 5.65 Å². The van der Waals surface area contributed by atoms with Gasteiger partial charge in [-0.15, -0.1) is 0 Å². The first-order valence-corrected chi connectivity index (χ1v) is 11.3. The Morgan fingerprint density at radius 3 is 2.44 bits per heavy atom. The second-order valence-electron chi connectivity index (χ2n) is 9.64. The molecule has 2 aromatic heterocycles. The third-order valence-corrected chi connectivity index (χ3v) is 5.42. The average molecular weight is 488 g/mol. The number of nitrogens with zero attached hydrogens (tertiary/aromatic N) is 4. The molecule has 2 aromatic carbocycles. The second kappa shape index (κ2) is 9.29. The van der Waals surface area contributed by atoms with E-state index in [0.717, 1.165) is 5.56 Å². The van der Waals surface area contributed by atoms with Crippen LogP contribution in [0, 0.1) is 12.3 Å². The van der Waals surface area contributed by atoms with Gasteiger partial charge in [-0.25, -0.2) is 4.98 Å². The van der Waals surface area contributed by atoms with Crippen LogP contribution in [-0.2, 0) is 5.41 Å². The van der Waals surface area contributed by atoms with Crippen molar-refractivity contribution in [3.63, 3.8) is 0 Å². The van der Waals surface area contributed by atoms with Crippen LogP contribution < -0.4 is 15.2 Å². The fourth-order valence-corrected chi connectivity index (χ4v) is 3.64. The lowest BCUT2D eigenvalue weighted by atomic mass is 9.85. The highest BCUT2D eigenvalue weighted by molar-refractivity contribution is 5.95. The van der Waals surface area contributed by atoms with E-state index < -0.39 is 0 Å². The summed E-state index contributed by atoms with van der Waals surface area (Å²) in [6, 6.07) is 12.2. The number of ether oxygens (including phenoxy) is 2. The standard InChI is InChI=1S/C26H29N7O3/c1-14-29-20-22(30-14)31-25(36-19-13-15(21(27)28)10-11-18(19)26(2,3)4)32-23(20)35-17-9-7-8-16(12-17)24(34)33(5)6/h7-13H,1-6H3,(H3,27,28)(H,29,30,31,32). The van der Waals surface area contributed by atoms with Crippen molar-refractivity contribution >= 4 is 22.9 Å². The molecule has 0 saturated carbocycles. The number of nitrogens with one attached hydrogen (secondary N) is 2. The molecule has 0 radical (unpaired) electrons. The monoisotopic (exact) mass is 487 g/mol. The van der Waals surface area contributed by atoms with Crippen molar-refractivity contribution in [1.29, 1.82) is 5.41 Å². The number of nitrogen functional groups attached to an aromatic ring is 1. The number of rotatable bonds is 6. The molecule has 0 bridgehead atoms. The number of nitrogens with two attached hydrogens (primary N) is 1. The lowest BCUT2D eigenvalue weighted by Gasteiger charge is -2.22. The number of aromatic nitrogens is 4. The van der Waals surface area contributed by atoms with Crippen molar-refractivity contribution in [2.75, 3.05) is 14.1 Å². The van der Waals surface area contributed by atoms with Gasteiger partial charge in [-0.2, -0.15) is 9.97 Å². The number of imidazole rings is 1. The quantitative estimate of drug-likeness (QED) is 0.268. The highest BCUT2D eigenvalue weighted by Gasteiger charge is 2.22. The normalized spacial score (nSPS) is 11.4. The van der Waals surface area contributed by atoms with Crippen molar-refractivity contribution in [3.8, 4) is 23.4 Å². The summed E-state index contributed by atoms with van der Waals surface area (Å²) in [5.41, 5.74) is 8.22. The summed E-state index contributed by atoms with van der Waals surface area (Å²) in [4.78, 5) is 30.4. The van der Waals surface area contributed by atoms with Crippen LogP contribution in [-0.4, -0.2) is 50.7 Å². The molecule has 0 aliphatic heterocycles. The summed E-state index contributed by atoms with van der Waals surface area (Å²) < 4.78 is 12.2. The van der Waals surface area contributed by atoms with E-state index in [2.05, 4.69) is 40.7 Å². The van der Waals surface area contributed by atoms with Crippen LogP contribution in [0.2, 0.25) is 0 Å². The Balaban J connectivity index is 1.77. The third kappa shape index (κ3) is 5.12. The Labute approximate surface area is 209 Å². The molecule has 4 rings (SSSR count). The van der Waals surface area contributed by atoms with E-state index >= 15 is 0 Å². The number of benzene rings is 2. The molecular formula is C26H29N7O3. The maximum absolute atomic E-state index is 12.4. The molecule has 0 fully saturated rings. The first-order chi connectivity index (χ1) is 16.9. The Kier molecular flexibility index (Phi) is 6.36. The molecule has 0 atom stereocenters. The molecular weight excluding hydrogens is 458 g/mol. The van der Waals surface area contributed by atoms with Gasteiger partial charge in [0.05, 0.1) is 0 Å². The van der Waals surface area contributed by atoms with Gasteiger partial charge in [-0.1, -0.05) is 39.0 Å². The van der Waals surface area contributed by atoms with Gasteiger partial charge in [0.25, 0.3) is 11.8 Å². The van der Waals surface area contributed by atoms with E-state index in [0.29, 0.717) is 39.6 Å². The van der Waals surface area contributed by atoms with Crippen molar-refractivity contribution in [2.45, 2.75) is 33.1 Å². The second-order valence-corrected chi connectivity index (χ2v) is 9.64. The first-order valence-electron chi connectivity index (χ1n) is 11.3. The Bertz CT molecular complexity index is 1470. The number of carbonyl (C=O) groups is 1. The summed E-state index contributed by atoms with van der Waals surface area (Å²) in [7, 11) is 3.38. The molecule has 0 aliphatic rings. The van der Waals surface area contributed by atoms with E-state index in [1.807, 2.05) is 6.07 Å². The first kappa shape index (κ1) is 24.6. The van der Waals surface area contributed by atoms with Crippen molar-refractivity contribution in [2.24, 2.45) is 5.73 Å². The van der Waals surface area contributed by atoms with Crippen LogP contribution in [0.5, 0.6) is 23.4 Å². The summed E-state index contributed by atoms with van der Waals surface area (Å²) >= 11 is 0. The molecule has 0 aliphatic carbocycles. The number of hydrogen-bond acceptors (Lipinski definition) is 7. The van der Waals surface area contributed by atoms with E-state index in [1.54, 1.807) is 57.4 Å². The number of H-pyrrole nitrogens is 1. The SMILES string of the molecule is Cc1nc2nc(Oc3cc(C(=N)N)ccc3C(C)(C)C)nc(Oc3cccc(C(=O)N(C)C)c3)c2[nH]1. The van der Waals surface area contributed by atoms with E-state index in [4.69, 9.17) is 20.6 Å². The molecule has 10 nitrogen and oxygen atoms in total. The molecule has 4 N–H and O–H groups in total. The minimum Gasteiger partial charge on any atom is -0.437 e. The van der Waals surface area contributed by atoms with Gasteiger partial charge in [-0.05, 0) is 36.6 Å². The van der Waals surface area contributed by atoms with Gasteiger partial charge in [0, 0.05) is 30.8 Å². The maximum atomic E-state index is 12.4. The number of carbonyl (C=O) groups excluding carboxylic acids is 1. The summed E-state index contributed by atoms with van der Waals surface area (Å²) in [5, 5.41) is 7.81. The number of amides is 1. The molecule has 0 spiro atoms. The maximum Gasteiger partial charge on any atom is 0.327 e. The van der Waals surface area contributed by atoms with Gasteiger partial charge < -0.3 is 25.1 Å². The van der Waals surface area contributed by atoms with Crippen molar-refractivity contribution < 1.29 is 14.3 Å². The minimum atomic E-state index is -0.254. The number of aromatic amines is 1. The summed E-state index contributed by atoms with van der Waals surface area (Å²) in [5.74, 6) is 1.52. The molecule has 2 heterocycles. The molecule has 1 amide bonds. The number of fused-ring (bicyclic) bond motifs is 1. The molecule has 0 unspecified atom stereocenters. The predicted molar refractivity (Wildman–Crippen MR) is 137 cm³/mol. The topological polar surface area (TPSA) is 143 Å². The average Bonchev–Trinajstić information content (AvgIpc) is 3.18. The van der Waals surface area contributed by atoms with Crippen LogP contribution in [0.4, 0.5) is 0 Å². The Morgan fingerprint density at radius 1 is 1.03 bits per heavy atom. The highest BCUT2D eigenvalue weighted by Crippen LogP contribution is 2.36. The summed E-state index contributed by atoms with van der Waals surface area (Å²) in [6.45, 7) is 7.97. The highest BCUT2D eigenvalue weighted by atomic mass is 16.5. The van der Waals surface area contributed by atoms with Crippen molar-refractivity contribution in [1.82, 2.24) is 24.8 Å². The molecule has 4 aromatic rings. The smallest absolute Gasteiger partial charge is 0.327 e. The zero-order valence-electron chi connectivity index (χ0n) is 21.1. The van der Waals surface area contributed by atoms with Crippen LogP contribution in [0.15, 0.2) is 42.5 Å². The fourth-order valence-electron chi connectivity index (χ4n) is 3.64.